The van der Waals surface area contributed by atoms with Crippen LogP contribution in [0.5, 0.6) is 0 Å². The van der Waals surface area contributed by atoms with E-state index < -0.39 is 22.0 Å². The molecule has 2 N–H and O–H groups in total. The molecule has 0 amide bonds. The standard InChI is InChI=1S/C13H18N2O4S/c1-5-6-10(4)14-20(18,19)11-7-12(13(16)17)15(8-11)9(2)3/h1,7-10,14H,6H2,2-4H3,(H,16,17). The molecule has 20 heavy (non-hydrogen) atoms. The van der Waals surface area contributed by atoms with Gasteiger partial charge in [0.2, 0.25) is 10.0 Å². The van der Waals surface area contributed by atoms with E-state index in [0.29, 0.717) is 0 Å². The largest absolute Gasteiger partial charge is 0.477 e. The van der Waals surface area contributed by atoms with Gasteiger partial charge in [-0.25, -0.2) is 17.9 Å². The quantitative estimate of drug-likeness (QED) is 0.778. The molecule has 6 nitrogen and oxygen atoms in total. The van der Waals surface area contributed by atoms with Gasteiger partial charge in [-0.2, -0.15) is 0 Å². The second-order valence-electron chi connectivity index (χ2n) is 4.80. The van der Waals surface area contributed by atoms with Crippen LogP contribution in [0.15, 0.2) is 17.2 Å². The number of sulfonamides is 1. The molecule has 7 heteroatoms. The highest BCUT2D eigenvalue weighted by atomic mass is 32.2. The monoisotopic (exact) mass is 298 g/mol. The molecule has 0 spiro atoms. The Balaban J connectivity index is 3.17. The van der Waals surface area contributed by atoms with Crippen LogP contribution >= 0.6 is 0 Å². The number of carbonyl (C=O) groups is 1. The van der Waals surface area contributed by atoms with Gasteiger partial charge in [0.15, 0.2) is 0 Å². The molecule has 1 aromatic heterocycles. The summed E-state index contributed by atoms with van der Waals surface area (Å²) in [6.07, 6.45) is 6.71. The first kappa shape index (κ1) is 16.3. The number of aromatic carboxylic acids is 1. The van der Waals surface area contributed by atoms with Gasteiger partial charge in [0, 0.05) is 24.7 Å². The van der Waals surface area contributed by atoms with Crippen molar-refractivity contribution < 1.29 is 18.3 Å². The number of hydrogen-bond donors (Lipinski definition) is 2. The van der Waals surface area contributed by atoms with E-state index in [4.69, 9.17) is 11.5 Å². The van der Waals surface area contributed by atoms with Crippen LogP contribution in [0, 0.1) is 12.3 Å². The molecule has 0 radical (unpaired) electrons. The second kappa shape index (κ2) is 6.11. The molecule has 0 saturated heterocycles. The zero-order valence-electron chi connectivity index (χ0n) is 11.6. The maximum atomic E-state index is 12.1. The van der Waals surface area contributed by atoms with Gasteiger partial charge in [-0.1, -0.05) is 0 Å². The van der Waals surface area contributed by atoms with Crippen LogP contribution in [-0.4, -0.2) is 30.1 Å². The van der Waals surface area contributed by atoms with E-state index in [9.17, 15) is 13.2 Å². The SMILES string of the molecule is C#CCC(C)NS(=O)(=O)c1cc(C(=O)O)n(C(C)C)c1. The minimum atomic E-state index is -3.78. The molecule has 1 heterocycles. The van der Waals surface area contributed by atoms with Crippen molar-refractivity contribution in [2.24, 2.45) is 0 Å². The van der Waals surface area contributed by atoms with Crippen LogP contribution in [0.4, 0.5) is 0 Å². The van der Waals surface area contributed by atoms with Gasteiger partial charge in [0.05, 0.1) is 0 Å². The number of aromatic nitrogens is 1. The fourth-order valence-electron chi connectivity index (χ4n) is 1.75. The van der Waals surface area contributed by atoms with E-state index in [0.717, 1.165) is 6.07 Å². The van der Waals surface area contributed by atoms with Crippen molar-refractivity contribution >= 4 is 16.0 Å². The number of terminal acetylenes is 1. The zero-order chi connectivity index (χ0) is 15.5. The normalized spacial score (nSPS) is 13.2. The van der Waals surface area contributed by atoms with Crippen molar-refractivity contribution in [1.82, 2.24) is 9.29 Å². The molecule has 1 unspecified atom stereocenters. The molecular formula is C13H18N2O4S. The molecule has 110 valence electrons. The van der Waals surface area contributed by atoms with Crippen molar-refractivity contribution in [2.75, 3.05) is 0 Å². The van der Waals surface area contributed by atoms with E-state index in [1.165, 1.54) is 10.8 Å². The average molecular weight is 298 g/mol. The number of carboxylic acid groups (broad SMARTS) is 1. The zero-order valence-corrected chi connectivity index (χ0v) is 12.4. The van der Waals surface area contributed by atoms with E-state index >= 15 is 0 Å². The lowest BCUT2D eigenvalue weighted by molar-refractivity contribution is 0.0683. The number of rotatable bonds is 6. The summed E-state index contributed by atoms with van der Waals surface area (Å²) < 4.78 is 28.1. The number of hydrogen-bond acceptors (Lipinski definition) is 3. The van der Waals surface area contributed by atoms with Crippen LogP contribution in [0.25, 0.3) is 0 Å². The summed E-state index contributed by atoms with van der Waals surface area (Å²) in [5.41, 5.74) is -0.0648. The summed E-state index contributed by atoms with van der Waals surface area (Å²) in [6.45, 7) is 5.20. The Hall–Kier alpha value is -1.78. The van der Waals surface area contributed by atoms with Crippen molar-refractivity contribution in [3.05, 3.63) is 18.0 Å². The van der Waals surface area contributed by atoms with Gasteiger partial charge in [0.1, 0.15) is 10.6 Å². The molecule has 0 bridgehead atoms. The number of carboxylic acids is 1. The van der Waals surface area contributed by atoms with Gasteiger partial charge in [0.25, 0.3) is 0 Å². The lowest BCUT2D eigenvalue weighted by Crippen LogP contribution is -2.32. The molecule has 0 aliphatic rings. The van der Waals surface area contributed by atoms with E-state index in [1.54, 1.807) is 20.8 Å². The molecule has 0 saturated carbocycles. The Morgan fingerprint density at radius 1 is 1.50 bits per heavy atom. The van der Waals surface area contributed by atoms with Gasteiger partial charge in [-0.05, 0) is 26.8 Å². The van der Waals surface area contributed by atoms with Crippen molar-refractivity contribution in [2.45, 2.75) is 44.2 Å². The summed E-state index contributed by atoms with van der Waals surface area (Å²) in [5, 5.41) is 9.10. The lowest BCUT2D eigenvalue weighted by Gasteiger charge is -2.11. The highest BCUT2D eigenvalue weighted by molar-refractivity contribution is 7.89. The smallest absolute Gasteiger partial charge is 0.352 e. The first-order valence-electron chi connectivity index (χ1n) is 6.10. The predicted molar refractivity (Wildman–Crippen MR) is 75.0 cm³/mol. The summed E-state index contributed by atoms with van der Waals surface area (Å²) in [6, 6.07) is 0.571. The molecule has 1 atom stereocenters. The first-order chi connectivity index (χ1) is 9.19. The first-order valence-corrected chi connectivity index (χ1v) is 7.58. The Morgan fingerprint density at radius 3 is 2.50 bits per heavy atom. The van der Waals surface area contributed by atoms with Crippen LogP contribution in [0.1, 0.15) is 43.7 Å². The van der Waals surface area contributed by atoms with Crippen molar-refractivity contribution in [3.63, 3.8) is 0 Å². The highest BCUT2D eigenvalue weighted by Crippen LogP contribution is 2.19. The third kappa shape index (κ3) is 3.62. The summed E-state index contributed by atoms with van der Waals surface area (Å²) >= 11 is 0. The number of nitrogens with one attached hydrogen (secondary N) is 1. The summed E-state index contributed by atoms with van der Waals surface area (Å²) in [4.78, 5) is 11.1. The van der Waals surface area contributed by atoms with Crippen molar-refractivity contribution in [1.29, 1.82) is 0 Å². The second-order valence-corrected chi connectivity index (χ2v) is 6.51. The molecule has 0 aliphatic carbocycles. The van der Waals surface area contributed by atoms with E-state index in [1.807, 2.05) is 0 Å². The van der Waals surface area contributed by atoms with Gasteiger partial charge in [-0.3, -0.25) is 0 Å². The average Bonchev–Trinajstić information content (AvgIpc) is 2.73. The van der Waals surface area contributed by atoms with Crippen LogP contribution in [0.2, 0.25) is 0 Å². The maximum absolute atomic E-state index is 12.1. The minimum Gasteiger partial charge on any atom is -0.477 e. The van der Waals surface area contributed by atoms with E-state index in [2.05, 4.69) is 10.6 Å². The van der Waals surface area contributed by atoms with Crippen LogP contribution < -0.4 is 4.72 Å². The fraction of sp³-hybridized carbons (Fsp3) is 0.462. The third-order valence-corrected chi connectivity index (χ3v) is 4.25. The van der Waals surface area contributed by atoms with Crippen LogP contribution in [0.3, 0.4) is 0 Å². The molecule has 1 rings (SSSR count). The van der Waals surface area contributed by atoms with Gasteiger partial charge in [-0.15, -0.1) is 12.3 Å². The summed E-state index contributed by atoms with van der Waals surface area (Å²) in [5.74, 6) is 1.20. The topological polar surface area (TPSA) is 88.4 Å². The third-order valence-electron chi connectivity index (χ3n) is 2.69. The van der Waals surface area contributed by atoms with Gasteiger partial charge >= 0.3 is 5.97 Å². The van der Waals surface area contributed by atoms with Crippen LogP contribution in [-0.2, 0) is 10.0 Å². The Labute approximate surface area is 118 Å². The Bertz CT molecular complexity index is 638. The Kier molecular flexibility index (Phi) is 4.98. The summed E-state index contributed by atoms with van der Waals surface area (Å²) in [7, 11) is -3.78. The van der Waals surface area contributed by atoms with Crippen molar-refractivity contribution in [3.8, 4) is 12.3 Å². The molecule has 0 aliphatic heterocycles. The molecule has 0 fully saturated rings. The van der Waals surface area contributed by atoms with E-state index in [-0.39, 0.29) is 23.1 Å². The number of nitrogens with zero attached hydrogens (tertiary/aromatic N) is 1. The van der Waals surface area contributed by atoms with Gasteiger partial charge < -0.3 is 9.67 Å². The predicted octanol–water partition coefficient (Wildman–Crippen LogP) is 1.46. The lowest BCUT2D eigenvalue weighted by atomic mass is 10.3. The minimum absolute atomic E-state index is 0.0648. The highest BCUT2D eigenvalue weighted by Gasteiger charge is 2.23. The molecule has 0 aromatic carbocycles. The fourth-order valence-corrected chi connectivity index (χ4v) is 3.02. The Morgan fingerprint density at radius 2 is 2.10 bits per heavy atom. The molecule has 1 aromatic rings. The maximum Gasteiger partial charge on any atom is 0.352 e. The molecular weight excluding hydrogens is 280 g/mol.